The molecule has 16 heavy (non-hydrogen) atoms. The topological polar surface area (TPSA) is 37.8 Å². The van der Waals surface area contributed by atoms with Crippen molar-refractivity contribution in [1.82, 2.24) is 9.97 Å². The van der Waals surface area contributed by atoms with Crippen molar-refractivity contribution in [2.45, 2.75) is 6.92 Å². The number of benzene rings is 1. The zero-order valence-corrected chi connectivity index (χ0v) is 9.16. The molecular formula is C12H12FN3. The lowest BCUT2D eigenvalue weighted by molar-refractivity contribution is 0.619. The van der Waals surface area contributed by atoms with Crippen LogP contribution < -0.4 is 5.32 Å². The summed E-state index contributed by atoms with van der Waals surface area (Å²) in [5.41, 5.74) is 2.20. The van der Waals surface area contributed by atoms with Gasteiger partial charge >= 0.3 is 0 Å². The molecule has 0 spiro atoms. The molecule has 0 aliphatic carbocycles. The third kappa shape index (κ3) is 2.00. The zero-order chi connectivity index (χ0) is 11.5. The number of nitrogens with zero attached hydrogens (tertiary/aromatic N) is 2. The maximum absolute atomic E-state index is 13.1. The van der Waals surface area contributed by atoms with E-state index in [1.165, 1.54) is 6.07 Å². The van der Waals surface area contributed by atoms with Gasteiger partial charge in [-0.15, -0.1) is 0 Å². The van der Waals surface area contributed by atoms with Gasteiger partial charge in [0, 0.05) is 12.6 Å². The SMILES string of the molecule is CNc1cncc(-c2ccc(F)c(C)c2)n1. The first-order valence-electron chi connectivity index (χ1n) is 4.97. The van der Waals surface area contributed by atoms with Crippen LogP contribution in [0.25, 0.3) is 11.3 Å². The molecule has 1 heterocycles. The number of anilines is 1. The minimum atomic E-state index is -0.207. The van der Waals surface area contributed by atoms with Gasteiger partial charge in [-0.3, -0.25) is 4.98 Å². The van der Waals surface area contributed by atoms with E-state index in [1.54, 1.807) is 38.5 Å². The van der Waals surface area contributed by atoms with Crippen molar-refractivity contribution in [2.24, 2.45) is 0 Å². The summed E-state index contributed by atoms with van der Waals surface area (Å²) in [5, 5.41) is 2.92. The molecule has 1 aromatic carbocycles. The molecule has 3 nitrogen and oxygen atoms in total. The molecule has 4 heteroatoms. The van der Waals surface area contributed by atoms with Gasteiger partial charge in [0.25, 0.3) is 0 Å². The van der Waals surface area contributed by atoms with Crippen LogP contribution in [0.1, 0.15) is 5.56 Å². The highest BCUT2D eigenvalue weighted by molar-refractivity contribution is 5.60. The van der Waals surface area contributed by atoms with E-state index in [2.05, 4.69) is 15.3 Å². The van der Waals surface area contributed by atoms with Gasteiger partial charge in [0.15, 0.2) is 0 Å². The first-order chi connectivity index (χ1) is 7.70. The lowest BCUT2D eigenvalue weighted by atomic mass is 10.1. The molecule has 0 atom stereocenters. The Morgan fingerprint density at radius 2 is 2.06 bits per heavy atom. The van der Waals surface area contributed by atoms with Crippen molar-refractivity contribution >= 4 is 5.82 Å². The average Bonchev–Trinajstić information content (AvgIpc) is 2.33. The Labute approximate surface area is 93.4 Å². The van der Waals surface area contributed by atoms with E-state index in [0.717, 1.165) is 11.3 Å². The van der Waals surface area contributed by atoms with Gasteiger partial charge in [-0.05, 0) is 30.7 Å². The Morgan fingerprint density at radius 3 is 2.75 bits per heavy atom. The predicted molar refractivity (Wildman–Crippen MR) is 61.7 cm³/mol. The van der Waals surface area contributed by atoms with Gasteiger partial charge in [0.05, 0.1) is 18.1 Å². The zero-order valence-electron chi connectivity index (χ0n) is 9.16. The monoisotopic (exact) mass is 217 g/mol. The van der Waals surface area contributed by atoms with Crippen LogP contribution >= 0.6 is 0 Å². The molecule has 0 saturated heterocycles. The molecule has 0 amide bonds. The second-order valence-electron chi connectivity index (χ2n) is 3.50. The summed E-state index contributed by atoms with van der Waals surface area (Å²) in [6, 6.07) is 4.91. The third-order valence-corrected chi connectivity index (χ3v) is 2.34. The fourth-order valence-corrected chi connectivity index (χ4v) is 1.43. The Morgan fingerprint density at radius 1 is 1.25 bits per heavy atom. The molecule has 82 valence electrons. The quantitative estimate of drug-likeness (QED) is 0.840. The van der Waals surface area contributed by atoms with Crippen molar-refractivity contribution in [2.75, 3.05) is 12.4 Å². The summed E-state index contributed by atoms with van der Waals surface area (Å²) < 4.78 is 13.1. The molecule has 0 fully saturated rings. The maximum atomic E-state index is 13.1. The smallest absolute Gasteiger partial charge is 0.144 e. The number of aryl methyl sites for hydroxylation is 1. The third-order valence-electron chi connectivity index (χ3n) is 2.34. The van der Waals surface area contributed by atoms with E-state index in [-0.39, 0.29) is 5.82 Å². The fourth-order valence-electron chi connectivity index (χ4n) is 1.43. The van der Waals surface area contributed by atoms with E-state index in [0.29, 0.717) is 11.4 Å². The molecule has 0 aliphatic rings. The van der Waals surface area contributed by atoms with E-state index < -0.39 is 0 Å². The van der Waals surface area contributed by atoms with Crippen molar-refractivity contribution in [3.63, 3.8) is 0 Å². The van der Waals surface area contributed by atoms with Gasteiger partial charge in [-0.2, -0.15) is 0 Å². The number of halogens is 1. The molecule has 1 N–H and O–H groups in total. The summed E-state index contributed by atoms with van der Waals surface area (Å²) in [4.78, 5) is 8.40. The summed E-state index contributed by atoms with van der Waals surface area (Å²) in [6.45, 7) is 1.73. The molecule has 0 radical (unpaired) electrons. The predicted octanol–water partition coefficient (Wildman–Crippen LogP) is 2.63. The Hall–Kier alpha value is -1.97. The lowest BCUT2D eigenvalue weighted by Gasteiger charge is -2.04. The highest BCUT2D eigenvalue weighted by atomic mass is 19.1. The standard InChI is InChI=1S/C12H12FN3/c1-8-5-9(3-4-10(8)13)11-6-15-7-12(14-2)16-11/h3-7H,1-2H3,(H,14,16). The first kappa shape index (κ1) is 10.5. The summed E-state index contributed by atoms with van der Waals surface area (Å²) in [5.74, 6) is 0.487. The van der Waals surface area contributed by atoms with Crippen LogP contribution in [0.2, 0.25) is 0 Å². The molecule has 0 bridgehead atoms. The van der Waals surface area contributed by atoms with E-state index in [9.17, 15) is 4.39 Å². The van der Waals surface area contributed by atoms with Crippen LogP contribution in [0.5, 0.6) is 0 Å². The second kappa shape index (κ2) is 4.26. The summed E-state index contributed by atoms with van der Waals surface area (Å²) in [7, 11) is 1.78. The van der Waals surface area contributed by atoms with Crippen LogP contribution in [0, 0.1) is 12.7 Å². The highest BCUT2D eigenvalue weighted by Gasteiger charge is 2.03. The molecule has 1 aromatic heterocycles. The second-order valence-corrected chi connectivity index (χ2v) is 3.50. The molecule has 0 unspecified atom stereocenters. The van der Waals surface area contributed by atoms with Crippen molar-refractivity contribution in [3.8, 4) is 11.3 Å². The van der Waals surface area contributed by atoms with Gasteiger partial charge in [-0.1, -0.05) is 0 Å². The minimum Gasteiger partial charge on any atom is -0.372 e. The molecule has 0 saturated carbocycles. The van der Waals surface area contributed by atoms with Crippen LogP contribution in [-0.4, -0.2) is 17.0 Å². The Bertz CT molecular complexity index is 511. The van der Waals surface area contributed by atoms with Gasteiger partial charge in [0.2, 0.25) is 0 Å². The van der Waals surface area contributed by atoms with Crippen LogP contribution in [-0.2, 0) is 0 Å². The van der Waals surface area contributed by atoms with Gasteiger partial charge < -0.3 is 5.32 Å². The molecule has 2 aromatic rings. The largest absolute Gasteiger partial charge is 0.372 e. The maximum Gasteiger partial charge on any atom is 0.144 e. The van der Waals surface area contributed by atoms with E-state index >= 15 is 0 Å². The fraction of sp³-hybridized carbons (Fsp3) is 0.167. The molecule has 0 aliphatic heterocycles. The number of hydrogen-bond donors (Lipinski definition) is 1. The number of rotatable bonds is 2. The van der Waals surface area contributed by atoms with E-state index in [1.807, 2.05) is 0 Å². The highest BCUT2D eigenvalue weighted by Crippen LogP contribution is 2.20. The first-order valence-corrected chi connectivity index (χ1v) is 4.97. The number of nitrogens with one attached hydrogen (secondary N) is 1. The van der Waals surface area contributed by atoms with Gasteiger partial charge in [-0.25, -0.2) is 9.37 Å². The van der Waals surface area contributed by atoms with Crippen LogP contribution in [0.3, 0.4) is 0 Å². The number of hydrogen-bond acceptors (Lipinski definition) is 3. The number of aromatic nitrogens is 2. The Balaban J connectivity index is 2.46. The van der Waals surface area contributed by atoms with E-state index in [4.69, 9.17) is 0 Å². The Kier molecular flexibility index (Phi) is 2.81. The molecule has 2 rings (SSSR count). The summed E-state index contributed by atoms with van der Waals surface area (Å²) >= 11 is 0. The summed E-state index contributed by atoms with van der Waals surface area (Å²) in [6.07, 6.45) is 3.30. The van der Waals surface area contributed by atoms with Crippen LogP contribution in [0.4, 0.5) is 10.2 Å². The van der Waals surface area contributed by atoms with Crippen molar-refractivity contribution in [3.05, 3.63) is 42.0 Å². The average molecular weight is 217 g/mol. The van der Waals surface area contributed by atoms with Gasteiger partial charge in [0.1, 0.15) is 11.6 Å². The lowest BCUT2D eigenvalue weighted by Crippen LogP contribution is -1.95. The van der Waals surface area contributed by atoms with Crippen molar-refractivity contribution in [1.29, 1.82) is 0 Å². The normalized spacial score (nSPS) is 10.2. The van der Waals surface area contributed by atoms with Crippen molar-refractivity contribution < 1.29 is 4.39 Å². The van der Waals surface area contributed by atoms with Crippen LogP contribution in [0.15, 0.2) is 30.6 Å². The minimum absolute atomic E-state index is 0.207. The molecular weight excluding hydrogens is 205 g/mol.